The number of pyridine rings is 1. The summed E-state index contributed by atoms with van der Waals surface area (Å²) in [5.41, 5.74) is 3.92. The van der Waals surface area contributed by atoms with Crippen LogP contribution in [0.2, 0.25) is 0 Å². The number of nitrogen functional groups attached to an aromatic ring is 1. The second-order valence-electron chi connectivity index (χ2n) is 14.1. The van der Waals surface area contributed by atoms with Crippen LogP contribution < -0.4 is 25.9 Å². The molecular weight excluding hydrogens is 843 g/mol. The van der Waals surface area contributed by atoms with Gasteiger partial charge in [0.25, 0.3) is 11.8 Å². The number of amides is 2. The van der Waals surface area contributed by atoms with E-state index in [9.17, 15) is 14.4 Å². The molecular formula is C46H42N7O6S3+. The number of nitrogens with one attached hydrogen (secondary N) is 2. The van der Waals surface area contributed by atoms with Crippen LogP contribution in [0.15, 0.2) is 166 Å². The van der Waals surface area contributed by atoms with Gasteiger partial charge in [-0.2, -0.15) is 0 Å². The minimum atomic E-state index is -0.958. The van der Waals surface area contributed by atoms with E-state index in [1.165, 1.54) is 51.5 Å². The summed E-state index contributed by atoms with van der Waals surface area (Å²) < 4.78 is 12.5. The highest BCUT2D eigenvalue weighted by molar-refractivity contribution is 8.01. The van der Waals surface area contributed by atoms with Gasteiger partial charge in [-0.25, -0.2) is 15.6 Å². The van der Waals surface area contributed by atoms with Crippen molar-refractivity contribution in [3.63, 3.8) is 0 Å². The van der Waals surface area contributed by atoms with Crippen LogP contribution in [0.4, 0.5) is 5.13 Å². The molecule has 62 heavy (non-hydrogen) atoms. The average molecular weight is 885 g/mol. The van der Waals surface area contributed by atoms with Crippen molar-refractivity contribution in [1.82, 2.24) is 15.2 Å². The predicted octanol–water partition coefficient (Wildman–Crippen LogP) is 6.10. The zero-order chi connectivity index (χ0) is 43.1. The van der Waals surface area contributed by atoms with Crippen molar-refractivity contribution < 1.29 is 33.4 Å². The SMILES string of the molecule is CO/N=C(\C(=O)N[C@@H]1C(=O)N2C(C(=O)OCc3ccc(OC)cc3)=C(CSc3cc[n+](N)cc3)CS[C@H]12)c1csc(NC(c2ccccc2)(c2ccccc2)c2ccccc2)n1. The molecule has 314 valence electrons. The monoisotopic (exact) mass is 884 g/mol. The van der Waals surface area contributed by atoms with Gasteiger partial charge in [-0.05, 0) is 40.0 Å². The molecule has 8 rings (SSSR count). The number of thioether (sulfide) groups is 2. The van der Waals surface area contributed by atoms with Gasteiger partial charge in [0.05, 0.1) is 7.11 Å². The molecule has 0 unspecified atom stereocenters. The number of thiazole rings is 1. The molecule has 2 aliphatic rings. The van der Waals surface area contributed by atoms with Gasteiger partial charge < -0.3 is 24.9 Å². The number of rotatable bonds is 16. The van der Waals surface area contributed by atoms with Crippen molar-refractivity contribution >= 4 is 63.5 Å². The molecule has 2 aromatic heterocycles. The van der Waals surface area contributed by atoms with Crippen LogP contribution in [0.25, 0.3) is 0 Å². The van der Waals surface area contributed by atoms with Gasteiger partial charge in [-0.1, -0.05) is 113 Å². The van der Waals surface area contributed by atoms with Gasteiger partial charge in [0, 0.05) is 33.9 Å². The molecule has 0 spiro atoms. The van der Waals surface area contributed by atoms with Crippen molar-refractivity contribution in [1.29, 1.82) is 0 Å². The Morgan fingerprint density at radius 3 is 2.10 bits per heavy atom. The zero-order valence-corrected chi connectivity index (χ0v) is 36.1. The van der Waals surface area contributed by atoms with Crippen LogP contribution in [0, 0.1) is 0 Å². The largest absolute Gasteiger partial charge is 0.497 e. The van der Waals surface area contributed by atoms with E-state index in [-0.39, 0.29) is 23.7 Å². The third kappa shape index (κ3) is 8.75. The number of anilines is 1. The van der Waals surface area contributed by atoms with Crippen molar-refractivity contribution in [3.05, 3.63) is 184 Å². The molecule has 6 aromatic rings. The summed E-state index contributed by atoms with van der Waals surface area (Å²) in [6.45, 7) is -0.00751. The summed E-state index contributed by atoms with van der Waals surface area (Å²) in [6, 6.07) is 40.3. The fourth-order valence-electron chi connectivity index (χ4n) is 7.30. The van der Waals surface area contributed by atoms with Crippen molar-refractivity contribution in [2.45, 2.75) is 28.5 Å². The number of hydrogen-bond donors (Lipinski definition) is 3. The molecule has 2 amide bonds. The second kappa shape index (κ2) is 19.0. The Kier molecular flexibility index (Phi) is 12.9. The fraction of sp³-hybridized carbons (Fsp3) is 0.174. The Labute approximate surface area is 371 Å². The van der Waals surface area contributed by atoms with Gasteiger partial charge >= 0.3 is 5.97 Å². The van der Waals surface area contributed by atoms with Crippen LogP contribution >= 0.6 is 34.9 Å². The van der Waals surface area contributed by atoms with Gasteiger partial charge in [-0.3, -0.25) is 14.5 Å². The maximum Gasteiger partial charge on any atom is 0.355 e. The Morgan fingerprint density at radius 1 is 0.903 bits per heavy atom. The fourth-order valence-corrected chi connectivity index (χ4v) is 10.4. The first kappa shape index (κ1) is 42.1. The highest BCUT2D eigenvalue weighted by Gasteiger charge is 2.55. The number of aromatic nitrogens is 2. The molecule has 2 aliphatic heterocycles. The van der Waals surface area contributed by atoms with E-state index in [0.717, 1.165) is 32.7 Å². The lowest BCUT2D eigenvalue weighted by molar-refractivity contribution is -0.639. The molecule has 1 fully saturated rings. The van der Waals surface area contributed by atoms with E-state index in [2.05, 4.69) is 52.2 Å². The summed E-state index contributed by atoms with van der Waals surface area (Å²) in [4.78, 5) is 54.4. The second-order valence-corrected chi connectivity index (χ2v) is 17.2. The van der Waals surface area contributed by atoms with Crippen LogP contribution in [0.5, 0.6) is 5.75 Å². The first-order valence-corrected chi connectivity index (χ1v) is 22.4. The summed E-state index contributed by atoms with van der Waals surface area (Å²) in [7, 11) is 2.92. The van der Waals surface area contributed by atoms with Gasteiger partial charge in [-0.15, -0.1) is 34.9 Å². The minimum absolute atomic E-state index is 0.00751. The van der Waals surface area contributed by atoms with E-state index in [1.807, 2.05) is 78.9 Å². The molecule has 0 saturated carbocycles. The number of β-lactam (4-membered cyclic amide) rings is 1. The van der Waals surface area contributed by atoms with Gasteiger partial charge in [0.1, 0.15) is 47.8 Å². The van der Waals surface area contributed by atoms with Crippen molar-refractivity contribution in [2.24, 2.45) is 5.16 Å². The zero-order valence-electron chi connectivity index (χ0n) is 33.7. The lowest BCUT2D eigenvalue weighted by Gasteiger charge is -2.49. The van der Waals surface area contributed by atoms with Gasteiger partial charge in [0.2, 0.25) is 0 Å². The molecule has 4 N–H and O–H groups in total. The normalized spacial score (nSPS) is 16.2. The topological polar surface area (TPSA) is 161 Å². The Hall–Kier alpha value is -6.62. The number of ether oxygens (including phenoxy) is 2. The quantitative estimate of drug-likeness (QED) is 0.0151. The van der Waals surface area contributed by atoms with Crippen LogP contribution in [-0.2, 0) is 36.1 Å². The molecule has 0 bridgehead atoms. The maximum absolute atomic E-state index is 14.1. The third-order valence-electron chi connectivity index (χ3n) is 10.4. The van der Waals surface area contributed by atoms with E-state index in [4.69, 9.17) is 25.1 Å². The number of esters is 1. The summed E-state index contributed by atoms with van der Waals surface area (Å²) in [6.07, 6.45) is 3.46. The molecule has 13 nitrogen and oxygen atoms in total. The van der Waals surface area contributed by atoms with E-state index < -0.39 is 34.7 Å². The number of oxime groups is 1. The molecule has 4 heterocycles. The summed E-state index contributed by atoms with van der Waals surface area (Å²) in [5.74, 6) is 5.61. The number of benzene rings is 4. The smallest absolute Gasteiger partial charge is 0.355 e. The number of carbonyl (C=O) groups is 3. The number of hydrogen-bond acceptors (Lipinski definition) is 13. The minimum Gasteiger partial charge on any atom is -0.497 e. The standard InChI is InChI=1S/C46H41N7O6S3/c1-57-35-20-18-30(19-21-35)26-59-44(56)40-31(27-60-36-22-24-52(47)25-23-36)28-61-43-39(42(55)53(40)43)49-41(54)38(51-58-2)37-29-62-45(48-37)50-46(32-12-6-3-7-13-32,33-14-8-4-9-15-33)34-16-10-5-11-17-34/h3-25,29,39,43H,26-28,47H2,1-2H3,(H-,48,49,50,54)/p+1/b51-38-/t39-,43-/m1/s1. The van der Waals surface area contributed by atoms with Crippen LogP contribution in [-0.4, -0.2) is 70.5 Å². The number of methoxy groups -OCH3 is 1. The van der Waals surface area contributed by atoms with E-state index in [0.29, 0.717) is 22.4 Å². The summed E-state index contributed by atoms with van der Waals surface area (Å²) in [5, 5.41) is 12.3. The van der Waals surface area contributed by atoms with Crippen molar-refractivity contribution in [2.75, 3.05) is 36.9 Å². The lowest BCUT2D eigenvalue weighted by Crippen LogP contribution is -2.71. The average Bonchev–Trinajstić information content (AvgIpc) is 3.79. The molecule has 16 heteroatoms. The number of nitrogens with two attached hydrogens (primary N) is 1. The molecule has 0 aliphatic carbocycles. The Balaban J connectivity index is 1.03. The van der Waals surface area contributed by atoms with Crippen LogP contribution in [0.3, 0.4) is 0 Å². The lowest BCUT2D eigenvalue weighted by atomic mass is 9.77. The molecule has 2 atom stereocenters. The first-order valence-electron chi connectivity index (χ1n) is 19.5. The van der Waals surface area contributed by atoms with Crippen molar-refractivity contribution in [3.8, 4) is 5.75 Å². The maximum atomic E-state index is 14.1. The Bertz CT molecular complexity index is 2500. The van der Waals surface area contributed by atoms with Crippen LogP contribution in [0.1, 0.15) is 27.9 Å². The summed E-state index contributed by atoms with van der Waals surface area (Å²) >= 11 is 4.28. The van der Waals surface area contributed by atoms with E-state index >= 15 is 0 Å². The molecule has 1 saturated heterocycles. The predicted molar refractivity (Wildman–Crippen MR) is 241 cm³/mol. The number of nitrogens with zero attached hydrogens (tertiary/aromatic N) is 4. The van der Waals surface area contributed by atoms with Gasteiger partial charge in [0.15, 0.2) is 23.2 Å². The highest BCUT2D eigenvalue weighted by Crippen LogP contribution is 2.43. The third-order valence-corrected chi connectivity index (χ3v) is 13.5. The van der Waals surface area contributed by atoms with E-state index in [1.54, 1.807) is 37.0 Å². The highest BCUT2D eigenvalue weighted by atomic mass is 32.2. The number of fused-ring (bicyclic) bond motifs is 1. The Morgan fingerprint density at radius 2 is 1.52 bits per heavy atom. The first-order chi connectivity index (χ1) is 30.3. The number of carbonyl (C=O) groups excluding carboxylic acids is 3. The molecule has 0 radical (unpaired) electrons. The molecule has 4 aromatic carbocycles.